The molecule has 32 heavy (non-hydrogen) atoms. The third-order valence-electron chi connectivity index (χ3n) is 5.81. The van der Waals surface area contributed by atoms with E-state index in [-0.39, 0.29) is 30.2 Å². The largest absolute Gasteiger partial charge is 0.383 e. The van der Waals surface area contributed by atoms with Crippen LogP contribution in [0, 0.1) is 19.7 Å². The number of methoxy groups -OCH3 is 1. The molecule has 0 aliphatic carbocycles. The second kappa shape index (κ2) is 10.5. The van der Waals surface area contributed by atoms with Crippen molar-refractivity contribution in [2.24, 2.45) is 5.10 Å². The zero-order chi connectivity index (χ0) is 23.3. The van der Waals surface area contributed by atoms with Crippen molar-refractivity contribution in [3.63, 3.8) is 0 Å². The van der Waals surface area contributed by atoms with Gasteiger partial charge >= 0.3 is 0 Å². The number of nitrogens with zero attached hydrogens (tertiary/aromatic N) is 3. The Morgan fingerprint density at radius 2 is 1.88 bits per heavy atom. The lowest BCUT2D eigenvalue weighted by Gasteiger charge is -2.26. The minimum Gasteiger partial charge on any atom is -0.383 e. The van der Waals surface area contributed by atoms with Gasteiger partial charge in [-0.05, 0) is 54.3 Å². The Labute approximate surface area is 188 Å². The molecular weight excluding hydrogens is 409 g/mol. The molecule has 2 amide bonds. The Kier molecular flexibility index (Phi) is 7.75. The van der Waals surface area contributed by atoms with Crippen molar-refractivity contribution in [1.29, 1.82) is 0 Å². The van der Waals surface area contributed by atoms with Gasteiger partial charge in [-0.25, -0.2) is 9.40 Å². The first-order valence-electron chi connectivity index (χ1n) is 10.8. The lowest BCUT2D eigenvalue weighted by molar-refractivity contribution is -0.141. The topological polar surface area (TPSA) is 62.2 Å². The van der Waals surface area contributed by atoms with E-state index in [4.69, 9.17) is 4.74 Å². The van der Waals surface area contributed by atoms with E-state index in [9.17, 15) is 14.0 Å². The number of amides is 2. The summed E-state index contributed by atoms with van der Waals surface area (Å²) in [6, 6.07) is 11.9. The summed E-state index contributed by atoms with van der Waals surface area (Å²) < 4.78 is 18.6. The van der Waals surface area contributed by atoms with E-state index in [1.807, 2.05) is 26.0 Å². The summed E-state index contributed by atoms with van der Waals surface area (Å²) in [6.07, 6.45) is 0.815. The molecule has 0 spiro atoms. The van der Waals surface area contributed by atoms with Crippen molar-refractivity contribution in [1.82, 2.24) is 9.91 Å². The van der Waals surface area contributed by atoms with Crippen LogP contribution in [-0.2, 0) is 14.3 Å². The number of ether oxygens (including phenoxy) is 1. The molecule has 2 aromatic rings. The lowest BCUT2D eigenvalue weighted by atomic mass is 9.96. The number of hydrazone groups is 1. The van der Waals surface area contributed by atoms with Crippen molar-refractivity contribution in [3.05, 3.63) is 70.5 Å². The van der Waals surface area contributed by atoms with Crippen LogP contribution in [0.5, 0.6) is 0 Å². The van der Waals surface area contributed by atoms with Gasteiger partial charge in [-0.3, -0.25) is 9.59 Å². The molecule has 1 heterocycles. The zero-order valence-corrected chi connectivity index (χ0v) is 19.1. The summed E-state index contributed by atoms with van der Waals surface area (Å²) in [5.41, 5.74) is 4.87. The molecule has 7 heteroatoms. The molecule has 1 aliphatic heterocycles. The Balaban J connectivity index is 1.91. The van der Waals surface area contributed by atoms with Gasteiger partial charge in [0, 0.05) is 26.5 Å². The summed E-state index contributed by atoms with van der Waals surface area (Å²) in [4.78, 5) is 27.1. The molecule has 0 aromatic heterocycles. The second-order valence-corrected chi connectivity index (χ2v) is 8.02. The molecule has 1 atom stereocenters. The number of benzene rings is 2. The van der Waals surface area contributed by atoms with Crippen LogP contribution in [0.4, 0.5) is 4.39 Å². The predicted octanol–water partition coefficient (Wildman–Crippen LogP) is 4.01. The molecule has 0 fully saturated rings. The molecule has 0 N–H and O–H groups in total. The molecule has 0 unspecified atom stereocenters. The van der Waals surface area contributed by atoms with Crippen LogP contribution in [-0.4, -0.2) is 54.2 Å². The van der Waals surface area contributed by atoms with Gasteiger partial charge in [0.25, 0.3) is 5.91 Å². The fourth-order valence-corrected chi connectivity index (χ4v) is 3.73. The highest BCUT2D eigenvalue weighted by Gasteiger charge is 2.34. The van der Waals surface area contributed by atoms with E-state index < -0.39 is 0 Å². The fourth-order valence-electron chi connectivity index (χ4n) is 3.73. The van der Waals surface area contributed by atoms with Gasteiger partial charge in [-0.15, -0.1) is 0 Å². The molecule has 6 nitrogen and oxygen atoms in total. The van der Waals surface area contributed by atoms with Crippen LogP contribution in [0.2, 0.25) is 0 Å². The molecule has 3 rings (SSSR count). The highest BCUT2D eigenvalue weighted by molar-refractivity contribution is 6.03. The normalized spacial score (nSPS) is 15.6. The van der Waals surface area contributed by atoms with Crippen LogP contribution >= 0.6 is 0 Å². The highest BCUT2D eigenvalue weighted by atomic mass is 19.1. The first kappa shape index (κ1) is 23.6. The van der Waals surface area contributed by atoms with Gasteiger partial charge in [0.05, 0.1) is 18.4 Å². The first-order chi connectivity index (χ1) is 15.3. The van der Waals surface area contributed by atoms with E-state index in [0.29, 0.717) is 26.0 Å². The van der Waals surface area contributed by atoms with Crippen molar-refractivity contribution in [2.75, 3.05) is 26.8 Å². The second-order valence-electron chi connectivity index (χ2n) is 8.02. The number of hydrogen-bond donors (Lipinski definition) is 0. The minimum atomic E-state index is -0.360. The summed E-state index contributed by atoms with van der Waals surface area (Å²) in [6.45, 7) is 6.44. The van der Waals surface area contributed by atoms with Gasteiger partial charge in [0.1, 0.15) is 12.4 Å². The van der Waals surface area contributed by atoms with Crippen LogP contribution < -0.4 is 0 Å². The fraction of sp³-hybridized carbons (Fsp3) is 0.400. The van der Waals surface area contributed by atoms with E-state index >= 15 is 0 Å². The van der Waals surface area contributed by atoms with Crippen molar-refractivity contribution in [2.45, 2.75) is 39.7 Å². The quantitative estimate of drug-likeness (QED) is 0.625. The van der Waals surface area contributed by atoms with Crippen molar-refractivity contribution < 1.29 is 18.7 Å². The number of halogens is 1. The van der Waals surface area contributed by atoms with Gasteiger partial charge in [0.15, 0.2) is 0 Å². The molecule has 0 radical (unpaired) electrons. The molecule has 0 saturated carbocycles. The highest BCUT2D eigenvalue weighted by Crippen LogP contribution is 2.33. The molecule has 2 aromatic carbocycles. The van der Waals surface area contributed by atoms with Crippen molar-refractivity contribution in [3.8, 4) is 0 Å². The summed E-state index contributed by atoms with van der Waals surface area (Å²) in [5, 5.41) is 6.11. The van der Waals surface area contributed by atoms with Gasteiger partial charge in [0.2, 0.25) is 5.91 Å². The SMILES string of the molecule is CCC(=O)N(CCOC)CC(=O)N1N=C(c2ccc(C)c(C)c2)C[C@H]1c1ccc(F)cc1. The van der Waals surface area contributed by atoms with E-state index in [2.05, 4.69) is 11.2 Å². The minimum absolute atomic E-state index is 0.0859. The third kappa shape index (κ3) is 5.40. The Morgan fingerprint density at radius 1 is 1.16 bits per heavy atom. The number of carbonyl (C=O) groups excluding carboxylic acids is 2. The van der Waals surface area contributed by atoms with E-state index in [0.717, 1.165) is 22.4 Å². The standard InChI is InChI=1S/C25H30FN3O3/c1-5-24(30)28(12-13-32-4)16-25(31)29-23(19-8-10-21(26)11-9-19)15-22(27-29)20-7-6-17(2)18(3)14-20/h6-11,14,23H,5,12-13,15-16H2,1-4H3/t23-/m0/s1. The monoisotopic (exact) mass is 439 g/mol. The summed E-state index contributed by atoms with van der Waals surface area (Å²) in [5.74, 6) is -0.735. The summed E-state index contributed by atoms with van der Waals surface area (Å²) >= 11 is 0. The smallest absolute Gasteiger partial charge is 0.262 e. The Hall–Kier alpha value is -3.06. The van der Waals surface area contributed by atoms with E-state index in [1.54, 1.807) is 26.2 Å². The van der Waals surface area contributed by atoms with Gasteiger partial charge < -0.3 is 9.64 Å². The van der Waals surface area contributed by atoms with Crippen LogP contribution in [0.3, 0.4) is 0 Å². The predicted molar refractivity (Wildman–Crippen MR) is 122 cm³/mol. The van der Waals surface area contributed by atoms with Gasteiger partial charge in [-0.1, -0.05) is 31.2 Å². The van der Waals surface area contributed by atoms with E-state index in [1.165, 1.54) is 27.6 Å². The third-order valence-corrected chi connectivity index (χ3v) is 5.81. The lowest BCUT2D eigenvalue weighted by Crippen LogP contribution is -2.42. The van der Waals surface area contributed by atoms with Gasteiger partial charge in [-0.2, -0.15) is 5.10 Å². The van der Waals surface area contributed by atoms with Crippen molar-refractivity contribution >= 4 is 17.5 Å². The maximum absolute atomic E-state index is 13.5. The summed E-state index contributed by atoms with van der Waals surface area (Å²) in [7, 11) is 1.56. The number of hydrogen-bond acceptors (Lipinski definition) is 4. The Bertz CT molecular complexity index is 1000. The molecule has 0 saturated heterocycles. The van der Waals surface area contributed by atoms with Crippen LogP contribution in [0.25, 0.3) is 0 Å². The molecule has 0 bridgehead atoms. The molecular formula is C25H30FN3O3. The maximum atomic E-state index is 13.5. The zero-order valence-electron chi connectivity index (χ0n) is 19.1. The maximum Gasteiger partial charge on any atom is 0.262 e. The van der Waals surface area contributed by atoms with Crippen LogP contribution in [0.1, 0.15) is 48.1 Å². The Morgan fingerprint density at radius 3 is 2.50 bits per heavy atom. The average molecular weight is 440 g/mol. The number of carbonyl (C=O) groups is 2. The van der Waals surface area contributed by atoms with Crippen LogP contribution in [0.15, 0.2) is 47.6 Å². The number of aryl methyl sites for hydroxylation is 2. The molecule has 170 valence electrons. The first-order valence-corrected chi connectivity index (χ1v) is 10.8. The number of rotatable bonds is 8. The molecule has 1 aliphatic rings. The average Bonchev–Trinajstić information content (AvgIpc) is 3.24.